The van der Waals surface area contributed by atoms with E-state index in [1.54, 1.807) is 20.8 Å². The maximum absolute atomic E-state index is 12.9. The minimum atomic E-state index is -0.750. The Labute approximate surface area is 104 Å². The Morgan fingerprint density at radius 3 is 2.56 bits per heavy atom. The van der Waals surface area contributed by atoms with E-state index in [0.29, 0.717) is 0 Å². The van der Waals surface area contributed by atoms with Crippen molar-refractivity contribution in [1.29, 1.82) is 0 Å². The van der Waals surface area contributed by atoms with E-state index in [1.165, 1.54) is 0 Å². The first-order valence-corrected chi connectivity index (χ1v) is 5.32. The van der Waals surface area contributed by atoms with Crippen LogP contribution in [0, 0.1) is 21.3 Å². The van der Waals surface area contributed by atoms with Gasteiger partial charge in [-0.05, 0) is 12.1 Å². The van der Waals surface area contributed by atoms with Crippen LogP contribution in [0.4, 0.5) is 10.1 Å². The summed E-state index contributed by atoms with van der Waals surface area (Å²) in [4.78, 5) is 21.6. The fourth-order valence-electron chi connectivity index (χ4n) is 1.12. The highest BCUT2D eigenvalue weighted by atomic mass is 19.1. The first-order valence-electron chi connectivity index (χ1n) is 5.32. The van der Waals surface area contributed by atoms with E-state index in [0.717, 1.165) is 18.2 Å². The monoisotopic (exact) mass is 255 g/mol. The first kappa shape index (κ1) is 14.1. The first-order chi connectivity index (χ1) is 8.21. The highest BCUT2D eigenvalue weighted by Crippen LogP contribution is 2.28. The van der Waals surface area contributed by atoms with Gasteiger partial charge in [0, 0.05) is 5.41 Å². The Kier molecular flexibility index (Phi) is 4.00. The Morgan fingerprint density at radius 2 is 2.06 bits per heavy atom. The molecule has 0 radical (unpaired) electrons. The predicted octanol–water partition coefficient (Wildman–Crippen LogP) is 2.73. The molecule has 0 aliphatic carbocycles. The van der Waals surface area contributed by atoms with Crippen molar-refractivity contribution in [2.24, 2.45) is 5.41 Å². The van der Waals surface area contributed by atoms with Gasteiger partial charge < -0.3 is 4.74 Å². The number of Topliss-reactive ketones (excluding diaryl/α,β-unsaturated/α-hetero) is 1. The van der Waals surface area contributed by atoms with Crippen molar-refractivity contribution in [2.45, 2.75) is 20.8 Å². The van der Waals surface area contributed by atoms with Gasteiger partial charge in [-0.2, -0.15) is 0 Å². The SMILES string of the molecule is CC(C)(C)C(=O)COc1ccc(F)cc1[N+](=O)[O-]. The lowest BCUT2D eigenvalue weighted by Gasteiger charge is -2.16. The van der Waals surface area contributed by atoms with Crippen LogP contribution in [0.1, 0.15) is 20.8 Å². The third-order valence-corrected chi connectivity index (χ3v) is 2.31. The molecule has 0 N–H and O–H groups in total. The molecule has 0 bridgehead atoms. The second-order valence-electron chi connectivity index (χ2n) is 4.83. The summed E-state index contributed by atoms with van der Waals surface area (Å²) in [5.74, 6) is -1.03. The Morgan fingerprint density at radius 1 is 1.44 bits per heavy atom. The molecule has 1 rings (SSSR count). The number of nitro benzene ring substituents is 1. The van der Waals surface area contributed by atoms with Crippen molar-refractivity contribution in [3.05, 3.63) is 34.1 Å². The normalized spacial score (nSPS) is 11.1. The minimum Gasteiger partial charge on any atom is -0.479 e. The molecule has 5 nitrogen and oxygen atoms in total. The summed E-state index contributed by atoms with van der Waals surface area (Å²) in [7, 11) is 0. The van der Waals surface area contributed by atoms with Crippen LogP contribution in [0.2, 0.25) is 0 Å². The van der Waals surface area contributed by atoms with Crippen LogP contribution in [-0.2, 0) is 4.79 Å². The lowest BCUT2D eigenvalue weighted by atomic mass is 9.91. The second-order valence-corrected chi connectivity index (χ2v) is 4.83. The molecule has 0 spiro atoms. The average Bonchev–Trinajstić information content (AvgIpc) is 2.25. The zero-order valence-electron chi connectivity index (χ0n) is 10.4. The van der Waals surface area contributed by atoms with Crippen LogP contribution in [-0.4, -0.2) is 17.3 Å². The number of hydrogen-bond donors (Lipinski definition) is 0. The molecule has 1 aromatic carbocycles. The number of halogens is 1. The van der Waals surface area contributed by atoms with Gasteiger partial charge in [0.25, 0.3) is 0 Å². The lowest BCUT2D eigenvalue weighted by molar-refractivity contribution is -0.386. The van der Waals surface area contributed by atoms with E-state index in [4.69, 9.17) is 4.74 Å². The molecule has 6 heteroatoms. The second kappa shape index (κ2) is 5.12. The summed E-state index contributed by atoms with van der Waals surface area (Å²) in [5.41, 5.74) is -1.08. The Balaban J connectivity index is 2.86. The van der Waals surface area contributed by atoms with Crippen molar-refractivity contribution in [2.75, 3.05) is 6.61 Å². The molecular weight excluding hydrogens is 241 g/mol. The van der Waals surface area contributed by atoms with E-state index in [-0.39, 0.29) is 18.1 Å². The molecule has 0 atom stereocenters. The number of rotatable bonds is 4. The van der Waals surface area contributed by atoms with Gasteiger partial charge in [-0.3, -0.25) is 14.9 Å². The predicted molar refractivity (Wildman–Crippen MR) is 63.0 cm³/mol. The maximum atomic E-state index is 12.9. The number of hydrogen-bond acceptors (Lipinski definition) is 4. The Bertz CT molecular complexity index is 479. The molecule has 0 aliphatic rings. The third-order valence-electron chi connectivity index (χ3n) is 2.31. The summed E-state index contributed by atoms with van der Waals surface area (Å²) >= 11 is 0. The van der Waals surface area contributed by atoms with Crippen molar-refractivity contribution in [1.82, 2.24) is 0 Å². The molecule has 0 saturated carbocycles. The number of benzene rings is 1. The molecule has 0 aliphatic heterocycles. The molecular formula is C12H14FNO4. The molecule has 0 heterocycles. The molecule has 1 aromatic rings. The number of carbonyl (C=O) groups is 1. The van der Waals surface area contributed by atoms with Gasteiger partial charge in [0.1, 0.15) is 12.4 Å². The van der Waals surface area contributed by atoms with Crippen LogP contribution in [0.5, 0.6) is 5.75 Å². The highest BCUT2D eigenvalue weighted by Gasteiger charge is 2.23. The van der Waals surface area contributed by atoms with Crippen LogP contribution in [0.15, 0.2) is 18.2 Å². The smallest absolute Gasteiger partial charge is 0.313 e. The van der Waals surface area contributed by atoms with E-state index in [2.05, 4.69) is 0 Å². The molecule has 18 heavy (non-hydrogen) atoms. The number of ketones is 1. The molecule has 0 saturated heterocycles. The number of carbonyl (C=O) groups excluding carboxylic acids is 1. The lowest BCUT2D eigenvalue weighted by Crippen LogP contribution is -2.26. The van der Waals surface area contributed by atoms with Crippen LogP contribution in [0.25, 0.3) is 0 Å². The topological polar surface area (TPSA) is 69.4 Å². The fourth-order valence-corrected chi connectivity index (χ4v) is 1.12. The zero-order valence-corrected chi connectivity index (χ0v) is 10.4. The number of ether oxygens (including phenoxy) is 1. The molecule has 0 aromatic heterocycles. The Hall–Kier alpha value is -1.98. The van der Waals surface area contributed by atoms with Gasteiger partial charge >= 0.3 is 5.69 Å². The van der Waals surface area contributed by atoms with Crippen LogP contribution >= 0.6 is 0 Å². The van der Waals surface area contributed by atoms with E-state index in [9.17, 15) is 19.3 Å². The van der Waals surface area contributed by atoms with Crippen molar-refractivity contribution >= 4 is 11.5 Å². The molecule has 0 amide bonds. The van der Waals surface area contributed by atoms with E-state index >= 15 is 0 Å². The third kappa shape index (κ3) is 3.51. The molecule has 98 valence electrons. The van der Waals surface area contributed by atoms with Gasteiger partial charge in [0.15, 0.2) is 11.5 Å². The van der Waals surface area contributed by atoms with Crippen molar-refractivity contribution < 1.29 is 18.8 Å². The van der Waals surface area contributed by atoms with Crippen molar-refractivity contribution in [3.8, 4) is 5.75 Å². The minimum absolute atomic E-state index is 0.112. The quantitative estimate of drug-likeness (QED) is 0.612. The molecule has 0 unspecified atom stereocenters. The summed E-state index contributed by atoms with van der Waals surface area (Å²) in [6.07, 6.45) is 0. The van der Waals surface area contributed by atoms with Crippen LogP contribution < -0.4 is 4.74 Å². The van der Waals surface area contributed by atoms with Gasteiger partial charge in [-0.15, -0.1) is 0 Å². The van der Waals surface area contributed by atoms with Crippen molar-refractivity contribution in [3.63, 3.8) is 0 Å². The van der Waals surface area contributed by atoms with Gasteiger partial charge in [0.05, 0.1) is 11.0 Å². The summed E-state index contributed by atoms with van der Waals surface area (Å²) in [6, 6.07) is 2.95. The van der Waals surface area contributed by atoms with E-state index < -0.39 is 21.8 Å². The fraction of sp³-hybridized carbons (Fsp3) is 0.417. The van der Waals surface area contributed by atoms with Crippen LogP contribution in [0.3, 0.4) is 0 Å². The molecule has 0 fully saturated rings. The highest BCUT2D eigenvalue weighted by molar-refractivity contribution is 5.85. The average molecular weight is 255 g/mol. The number of nitro groups is 1. The van der Waals surface area contributed by atoms with Gasteiger partial charge in [-0.1, -0.05) is 20.8 Å². The van der Waals surface area contributed by atoms with Gasteiger partial charge in [0.2, 0.25) is 0 Å². The largest absolute Gasteiger partial charge is 0.479 e. The summed E-state index contributed by atoms with van der Waals surface area (Å²) in [5, 5.41) is 10.7. The van der Waals surface area contributed by atoms with Gasteiger partial charge in [-0.25, -0.2) is 4.39 Å². The summed E-state index contributed by atoms with van der Waals surface area (Å²) < 4.78 is 18.0. The van der Waals surface area contributed by atoms with E-state index in [1.807, 2.05) is 0 Å². The zero-order chi connectivity index (χ0) is 13.9. The standard InChI is InChI=1S/C12H14FNO4/c1-12(2,3)11(15)7-18-10-5-4-8(13)6-9(10)14(16)17/h4-6H,7H2,1-3H3. The number of nitrogens with zero attached hydrogens (tertiary/aromatic N) is 1. The summed E-state index contributed by atoms with van der Waals surface area (Å²) in [6.45, 7) is 4.88. The maximum Gasteiger partial charge on any atom is 0.313 e.